The van der Waals surface area contributed by atoms with Crippen LogP contribution in [0.1, 0.15) is 36.3 Å². The van der Waals surface area contributed by atoms with Gasteiger partial charge < -0.3 is 9.84 Å². The van der Waals surface area contributed by atoms with Gasteiger partial charge in [-0.15, -0.1) is 11.3 Å². The van der Waals surface area contributed by atoms with Gasteiger partial charge in [-0.05, 0) is 32.6 Å². The Kier molecular flexibility index (Phi) is 8.24. The summed E-state index contributed by atoms with van der Waals surface area (Å²) in [5.41, 5.74) is 2.93. The molecule has 2 saturated heterocycles. The Morgan fingerprint density at radius 2 is 2.13 bits per heavy atom. The summed E-state index contributed by atoms with van der Waals surface area (Å²) in [5, 5.41) is 7.12. The lowest BCUT2D eigenvalue weighted by Crippen LogP contribution is -2.46. The third-order valence-corrected chi connectivity index (χ3v) is 6.61. The number of nitrogens with one attached hydrogen (secondary N) is 1. The second kappa shape index (κ2) is 9.90. The van der Waals surface area contributed by atoms with Crippen molar-refractivity contribution in [3.8, 4) is 0 Å². The van der Waals surface area contributed by atoms with E-state index in [1.807, 2.05) is 5.51 Å². The van der Waals surface area contributed by atoms with Crippen LogP contribution < -0.4 is 4.72 Å². The topological polar surface area (TPSA) is 109 Å². The minimum absolute atomic E-state index is 0.0106. The summed E-state index contributed by atoms with van der Waals surface area (Å²) in [4.78, 5) is 17.0. The molecule has 2 aliphatic rings. The van der Waals surface area contributed by atoms with Gasteiger partial charge in [-0.3, -0.25) is 4.90 Å². The molecular weight excluding hydrogens is 447 g/mol. The molecule has 1 spiro atoms. The van der Waals surface area contributed by atoms with Crippen LogP contribution in [0.5, 0.6) is 0 Å². The first-order chi connectivity index (χ1) is 13.8. The quantitative estimate of drug-likeness (QED) is 0.675. The number of likely N-dealkylation sites (tertiary alicyclic amines) is 1. The first-order valence-electron chi connectivity index (χ1n) is 9.33. The molecular formula is C17H26F3N3O5S2. The van der Waals surface area contributed by atoms with Gasteiger partial charge in [0.05, 0.1) is 29.2 Å². The molecule has 3 rings (SSSR count). The molecule has 172 valence electrons. The Labute approximate surface area is 177 Å². The number of hydrogen-bond acceptors (Lipinski definition) is 7. The van der Waals surface area contributed by atoms with Crippen LogP contribution in [-0.4, -0.2) is 73.1 Å². The normalized spacial score (nSPS) is 25.2. The molecule has 0 saturated carbocycles. The van der Waals surface area contributed by atoms with Crippen molar-refractivity contribution in [3.05, 3.63) is 16.1 Å². The molecule has 0 aliphatic carbocycles. The second-order valence-corrected chi connectivity index (χ2v) is 10.3. The van der Waals surface area contributed by atoms with Crippen molar-refractivity contribution in [2.75, 3.05) is 25.9 Å². The highest BCUT2D eigenvalue weighted by Crippen LogP contribution is 2.37. The van der Waals surface area contributed by atoms with Crippen LogP contribution in [0.4, 0.5) is 13.2 Å². The van der Waals surface area contributed by atoms with E-state index in [0.717, 1.165) is 51.0 Å². The van der Waals surface area contributed by atoms with E-state index in [2.05, 4.69) is 21.5 Å². The van der Waals surface area contributed by atoms with E-state index in [4.69, 9.17) is 14.6 Å². The lowest BCUT2D eigenvalue weighted by Gasteiger charge is -2.38. The molecule has 0 amide bonds. The number of aromatic nitrogens is 1. The van der Waals surface area contributed by atoms with E-state index in [-0.39, 0.29) is 11.7 Å². The number of thiazole rings is 1. The summed E-state index contributed by atoms with van der Waals surface area (Å²) in [7, 11) is -3.15. The van der Waals surface area contributed by atoms with Crippen LogP contribution >= 0.6 is 11.3 Å². The van der Waals surface area contributed by atoms with Crippen molar-refractivity contribution in [2.24, 2.45) is 0 Å². The highest BCUT2D eigenvalue weighted by atomic mass is 32.2. The van der Waals surface area contributed by atoms with Gasteiger partial charge in [0.15, 0.2) is 0 Å². The molecule has 30 heavy (non-hydrogen) atoms. The van der Waals surface area contributed by atoms with Crippen molar-refractivity contribution in [1.82, 2.24) is 14.6 Å². The Bertz CT molecular complexity index is 831. The summed E-state index contributed by atoms with van der Waals surface area (Å²) >= 11 is 1.71. The molecule has 1 aromatic heterocycles. The minimum Gasteiger partial charge on any atom is -0.475 e. The van der Waals surface area contributed by atoms with Gasteiger partial charge in [0.25, 0.3) is 0 Å². The van der Waals surface area contributed by atoms with Crippen LogP contribution in [0.25, 0.3) is 0 Å². The number of hydrogen-bond donors (Lipinski definition) is 2. The lowest BCUT2D eigenvalue weighted by molar-refractivity contribution is -0.192. The summed E-state index contributed by atoms with van der Waals surface area (Å²) in [6.07, 6.45) is 0.228. The molecule has 2 fully saturated rings. The number of ether oxygens (including phenoxy) is 1. The second-order valence-electron chi connectivity index (χ2n) is 7.56. The monoisotopic (exact) mass is 473 g/mol. The van der Waals surface area contributed by atoms with Gasteiger partial charge >= 0.3 is 12.1 Å². The van der Waals surface area contributed by atoms with Crippen LogP contribution in [0, 0.1) is 6.92 Å². The number of aryl methyl sites for hydroxylation is 1. The van der Waals surface area contributed by atoms with Crippen LogP contribution in [0.2, 0.25) is 0 Å². The molecule has 3 heterocycles. The summed E-state index contributed by atoms with van der Waals surface area (Å²) in [5.74, 6) is -2.76. The van der Waals surface area contributed by atoms with Gasteiger partial charge in [-0.1, -0.05) is 0 Å². The zero-order valence-corrected chi connectivity index (χ0v) is 18.4. The van der Waals surface area contributed by atoms with Gasteiger partial charge in [0.2, 0.25) is 10.0 Å². The molecule has 2 atom stereocenters. The van der Waals surface area contributed by atoms with Gasteiger partial charge in [0, 0.05) is 31.1 Å². The first kappa shape index (κ1) is 25.0. The molecule has 0 radical (unpaired) electrons. The number of carboxylic acids is 1. The molecule has 13 heteroatoms. The minimum atomic E-state index is -5.08. The summed E-state index contributed by atoms with van der Waals surface area (Å²) in [6, 6.07) is 0. The number of carboxylic acid groups (broad SMARTS) is 1. The number of alkyl halides is 3. The Morgan fingerprint density at radius 1 is 1.47 bits per heavy atom. The van der Waals surface area contributed by atoms with Crippen molar-refractivity contribution < 1.29 is 36.2 Å². The van der Waals surface area contributed by atoms with E-state index >= 15 is 0 Å². The summed E-state index contributed by atoms with van der Waals surface area (Å²) < 4.78 is 63.2. The maximum atomic E-state index is 11.3. The Balaban J connectivity index is 0.000000396. The van der Waals surface area contributed by atoms with Gasteiger partial charge in [-0.25, -0.2) is 22.9 Å². The van der Waals surface area contributed by atoms with E-state index in [1.54, 1.807) is 11.3 Å². The molecule has 0 bridgehead atoms. The zero-order valence-electron chi connectivity index (χ0n) is 16.7. The fourth-order valence-corrected chi connectivity index (χ4v) is 4.86. The number of halogens is 3. The third-order valence-electron chi connectivity index (χ3n) is 5.00. The van der Waals surface area contributed by atoms with Crippen molar-refractivity contribution in [1.29, 1.82) is 0 Å². The number of nitrogens with zero attached hydrogens (tertiary/aromatic N) is 2. The fraction of sp³-hybridized carbons (Fsp3) is 0.765. The van der Waals surface area contributed by atoms with Crippen LogP contribution in [0.3, 0.4) is 0 Å². The van der Waals surface area contributed by atoms with Crippen molar-refractivity contribution in [2.45, 2.75) is 57.0 Å². The van der Waals surface area contributed by atoms with Crippen LogP contribution in [-0.2, 0) is 26.1 Å². The largest absolute Gasteiger partial charge is 0.490 e. The average molecular weight is 474 g/mol. The van der Waals surface area contributed by atoms with E-state index in [9.17, 15) is 21.6 Å². The summed E-state index contributed by atoms with van der Waals surface area (Å²) in [6.45, 7) is 5.34. The standard InChI is InChI=1S/C15H25N3O3S2.C2HF3O2/c1-12-14(22-11-16-12)9-18-7-6-15(10-18)5-3-4-13(21-15)8-17-23(2,19)20;3-2(4,5)1(6)7/h11,13,17H,3-10H2,1-2H3;(H,6,7)/t13-,15-;/m1./s1. The van der Waals surface area contributed by atoms with E-state index < -0.39 is 22.2 Å². The molecule has 0 unspecified atom stereocenters. The maximum Gasteiger partial charge on any atom is 0.490 e. The van der Waals surface area contributed by atoms with Gasteiger partial charge in [-0.2, -0.15) is 13.2 Å². The predicted molar refractivity (Wildman–Crippen MR) is 105 cm³/mol. The number of sulfonamides is 1. The molecule has 8 nitrogen and oxygen atoms in total. The highest BCUT2D eigenvalue weighted by Gasteiger charge is 2.43. The van der Waals surface area contributed by atoms with Crippen LogP contribution in [0.15, 0.2) is 5.51 Å². The third kappa shape index (κ3) is 7.76. The van der Waals surface area contributed by atoms with Gasteiger partial charge in [0.1, 0.15) is 0 Å². The van der Waals surface area contributed by atoms with Crippen molar-refractivity contribution >= 4 is 27.3 Å². The molecule has 2 aliphatic heterocycles. The van der Waals surface area contributed by atoms with E-state index in [1.165, 1.54) is 11.1 Å². The lowest BCUT2D eigenvalue weighted by atomic mass is 9.90. The first-order valence-corrected chi connectivity index (χ1v) is 12.1. The van der Waals surface area contributed by atoms with Crippen molar-refractivity contribution in [3.63, 3.8) is 0 Å². The molecule has 0 aromatic carbocycles. The maximum absolute atomic E-state index is 11.3. The number of aliphatic carboxylic acids is 1. The fourth-order valence-electron chi connectivity index (χ4n) is 3.56. The zero-order chi connectivity index (χ0) is 22.6. The molecule has 1 aromatic rings. The predicted octanol–water partition coefficient (Wildman–Crippen LogP) is 2.15. The smallest absolute Gasteiger partial charge is 0.475 e. The number of carbonyl (C=O) groups is 1. The van der Waals surface area contributed by atoms with E-state index in [0.29, 0.717) is 6.54 Å². The molecule has 2 N–H and O–H groups in total. The average Bonchev–Trinajstić information content (AvgIpc) is 3.19. The Morgan fingerprint density at radius 3 is 2.67 bits per heavy atom. The highest BCUT2D eigenvalue weighted by molar-refractivity contribution is 7.88. The number of rotatable bonds is 5. The SMILES string of the molecule is Cc1ncsc1CN1CC[C@]2(CCC[C@H](CNS(C)(=O)=O)O2)C1.O=C(O)C(F)(F)F. The Hall–Kier alpha value is -1.28.